The lowest BCUT2D eigenvalue weighted by Gasteiger charge is -2.30. The van der Waals surface area contributed by atoms with Crippen LogP contribution in [0.4, 0.5) is 5.69 Å². The predicted octanol–water partition coefficient (Wildman–Crippen LogP) is 3.12. The van der Waals surface area contributed by atoms with E-state index in [1.165, 1.54) is 30.0 Å². The lowest BCUT2D eigenvalue weighted by atomic mass is 9.94. The van der Waals surface area contributed by atoms with E-state index in [4.69, 9.17) is 0 Å². The van der Waals surface area contributed by atoms with Crippen molar-refractivity contribution in [1.29, 1.82) is 0 Å². The lowest BCUT2D eigenvalue weighted by molar-refractivity contribution is -0.536. The summed E-state index contributed by atoms with van der Waals surface area (Å²) in [6, 6.07) is 11.4. The molecule has 1 aliphatic heterocycles. The van der Waals surface area contributed by atoms with Crippen molar-refractivity contribution in [3.63, 3.8) is 0 Å². The molecule has 118 valence electrons. The zero-order valence-electron chi connectivity index (χ0n) is 11.7. The number of nitrogens with zero attached hydrogens (tertiary/aromatic N) is 2. The van der Waals surface area contributed by atoms with Crippen molar-refractivity contribution in [1.82, 2.24) is 0 Å². The molecule has 2 aromatic rings. The minimum Gasteiger partial charge on any atom is -0.381 e. The molecular formula is C15H12N2O5S. The van der Waals surface area contributed by atoms with Crippen LogP contribution in [0.1, 0.15) is 22.5 Å². The van der Waals surface area contributed by atoms with E-state index in [0.717, 1.165) is 0 Å². The standard InChI is InChI=1S/C15H12N2O5S/c18-14-10-6-2-4-8-12(10)23-15(13(14)17(21)22)9-5-1-3-7-11(9)16(19)20/h1-8,13-15,18H/t13-,14+,15+/m0/s1. The predicted molar refractivity (Wildman–Crippen MR) is 83.9 cm³/mol. The van der Waals surface area contributed by atoms with Crippen LogP contribution in [0.2, 0.25) is 0 Å². The van der Waals surface area contributed by atoms with E-state index in [9.17, 15) is 25.3 Å². The molecule has 0 bridgehead atoms. The van der Waals surface area contributed by atoms with E-state index in [1.807, 2.05) is 0 Å². The molecule has 1 N–H and O–H groups in total. The molecule has 0 unspecified atom stereocenters. The largest absolute Gasteiger partial charge is 0.381 e. The van der Waals surface area contributed by atoms with Gasteiger partial charge in [-0.3, -0.25) is 20.2 Å². The van der Waals surface area contributed by atoms with E-state index >= 15 is 0 Å². The molecule has 0 amide bonds. The highest BCUT2D eigenvalue weighted by molar-refractivity contribution is 7.99. The highest BCUT2D eigenvalue weighted by Crippen LogP contribution is 2.51. The zero-order valence-corrected chi connectivity index (χ0v) is 12.6. The molecule has 0 aromatic heterocycles. The Kier molecular flexibility index (Phi) is 4.01. The number of hydrogen-bond acceptors (Lipinski definition) is 6. The zero-order chi connectivity index (χ0) is 16.6. The van der Waals surface area contributed by atoms with Crippen LogP contribution in [-0.4, -0.2) is 21.0 Å². The Bertz CT molecular complexity index is 782. The Labute approximate surface area is 135 Å². The second-order valence-electron chi connectivity index (χ2n) is 5.11. The van der Waals surface area contributed by atoms with Crippen molar-refractivity contribution >= 4 is 17.4 Å². The van der Waals surface area contributed by atoms with Crippen molar-refractivity contribution in [2.45, 2.75) is 22.3 Å². The molecule has 1 aliphatic rings. The number of aliphatic hydroxyl groups is 1. The second-order valence-corrected chi connectivity index (χ2v) is 6.30. The van der Waals surface area contributed by atoms with E-state index < -0.39 is 27.2 Å². The van der Waals surface area contributed by atoms with E-state index in [0.29, 0.717) is 10.5 Å². The SMILES string of the molecule is O=[N+]([O-])c1ccccc1[C@H]1Sc2ccccc2[C@@H](O)[C@@H]1[N+](=O)[O-]. The maximum Gasteiger partial charge on any atom is 0.274 e. The average molecular weight is 332 g/mol. The van der Waals surface area contributed by atoms with Crippen LogP contribution in [0, 0.1) is 20.2 Å². The summed E-state index contributed by atoms with van der Waals surface area (Å²) >= 11 is 1.18. The monoisotopic (exact) mass is 332 g/mol. The fourth-order valence-corrected chi connectivity index (χ4v) is 4.23. The number of aliphatic hydroxyl groups excluding tert-OH is 1. The summed E-state index contributed by atoms with van der Waals surface area (Å²) in [5, 5.41) is 32.3. The maximum atomic E-state index is 11.5. The van der Waals surface area contributed by atoms with Gasteiger partial charge in [-0.1, -0.05) is 36.4 Å². The summed E-state index contributed by atoms with van der Waals surface area (Å²) in [6.45, 7) is 0. The van der Waals surface area contributed by atoms with Gasteiger partial charge in [0, 0.05) is 21.4 Å². The number of fused-ring (bicyclic) bond motifs is 1. The molecule has 1 heterocycles. The number of thioether (sulfide) groups is 1. The van der Waals surface area contributed by atoms with Gasteiger partial charge >= 0.3 is 0 Å². The van der Waals surface area contributed by atoms with Gasteiger partial charge < -0.3 is 5.11 Å². The fourth-order valence-electron chi connectivity index (χ4n) is 2.76. The van der Waals surface area contributed by atoms with Crippen LogP contribution in [0.15, 0.2) is 53.4 Å². The summed E-state index contributed by atoms with van der Waals surface area (Å²) in [5.74, 6) is 0. The molecule has 7 nitrogen and oxygen atoms in total. The Balaban J connectivity index is 2.15. The number of rotatable bonds is 3. The van der Waals surface area contributed by atoms with Gasteiger partial charge in [0.25, 0.3) is 11.7 Å². The molecule has 0 radical (unpaired) electrons. The van der Waals surface area contributed by atoms with E-state index in [-0.39, 0.29) is 11.3 Å². The smallest absolute Gasteiger partial charge is 0.274 e. The number of para-hydroxylation sites is 1. The van der Waals surface area contributed by atoms with Gasteiger partial charge in [-0.05, 0) is 6.07 Å². The molecule has 23 heavy (non-hydrogen) atoms. The van der Waals surface area contributed by atoms with Gasteiger partial charge in [0.05, 0.1) is 10.5 Å². The Hall–Kier alpha value is -2.45. The quantitative estimate of drug-likeness (QED) is 0.683. The second kappa shape index (κ2) is 5.98. The molecule has 0 spiro atoms. The first kappa shape index (κ1) is 15.4. The minimum absolute atomic E-state index is 0.177. The third-order valence-electron chi connectivity index (χ3n) is 3.81. The van der Waals surface area contributed by atoms with Gasteiger partial charge in [-0.15, -0.1) is 11.8 Å². The van der Waals surface area contributed by atoms with Gasteiger partial charge in [0.2, 0.25) is 0 Å². The summed E-state index contributed by atoms with van der Waals surface area (Å²) in [5.41, 5.74) is 0.551. The molecule has 0 saturated carbocycles. The summed E-state index contributed by atoms with van der Waals surface area (Å²) in [6.07, 6.45) is -1.31. The molecule has 3 atom stereocenters. The van der Waals surface area contributed by atoms with Gasteiger partial charge in [0.1, 0.15) is 11.4 Å². The third-order valence-corrected chi connectivity index (χ3v) is 5.22. The molecule has 0 saturated heterocycles. The van der Waals surface area contributed by atoms with Crippen LogP contribution < -0.4 is 0 Å². The lowest BCUT2D eigenvalue weighted by Crippen LogP contribution is -2.35. The normalized spacial score (nSPS) is 23.1. The molecule has 2 aromatic carbocycles. The molecule has 0 aliphatic carbocycles. The maximum absolute atomic E-state index is 11.5. The number of hydrogen-bond donors (Lipinski definition) is 1. The first-order valence-electron chi connectivity index (χ1n) is 6.81. The number of nitro groups is 2. The van der Waals surface area contributed by atoms with Gasteiger partial charge in [0.15, 0.2) is 0 Å². The highest BCUT2D eigenvalue weighted by Gasteiger charge is 2.47. The summed E-state index contributed by atoms with van der Waals surface area (Å²) < 4.78 is 0. The van der Waals surface area contributed by atoms with Crippen LogP contribution in [-0.2, 0) is 0 Å². The van der Waals surface area contributed by atoms with Crippen molar-refractivity contribution in [2.75, 3.05) is 0 Å². The fraction of sp³-hybridized carbons (Fsp3) is 0.200. The summed E-state index contributed by atoms with van der Waals surface area (Å²) in [4.78, 5) is 22.3. The summed E-state index contributed by atoms with van der Waals surface area (Å²) in [7, 11) is 0. The minimum atomic E-state index is -1.35. The van der Waals surface area contributed by atoms with Crippen LogP contribution >= 0.6 is 11.8 Å². The van der Waals surface area contributed by atoms with Gasteiger partial charge in [-0.25, -0.2) is 0 Å². The van der Waals surface area contributed by atoms with Crippen molar-refractivity contribution in [3.05, 3.63) is 79.9 Å². The Morgan fingerprint density at radius 1 is 0.957 bits per heavy atom. The molecule has 0 fully saturated rings. The van der Waals surface area contributed by atoms with Gasteiger partial charge in [-0.2, -0.15) is 0 Å². The van der Waals surface area contributed by atoms with Crippen molar-refractivity contribution in [3.8, 4) is 0 Å². The molecular weight excluding hydrogens is 320 g/mol. The van der Waals surface area contributed by atoms with E-state index in [1.54, 1.807) is 30.3 Å². The Morgan fingerprint density at radius 2 is 1.57 bits per heavy atom. The average Bonchev–Trinajstić information content (AvgIpc) is 2.54. The first-order valence-corrected chi connectivity index (χ1v) is 7.69. The van der Waals surface area contributed by atoms with Crippen molar-refractivity contribution in [2.24, 2.45) is 0 Å². The van der Waals surface area contributed by atoms with Crippen molar-refractivity contribution < 1.29 is 15.0 Å². The van der Waals surface area contributed by atoms with E-state index in [2.05, 4.69) is 0 Å². The Morgan fingerprint density at radius 3 is 2.22 bits per heavy atom. The van der Waals surface area contributed by atoms with Crippen LogP contribution in [0.3, 0.4) is 0 Å². The number of benzene rings is 2. The third kappa shape index (κ3) is 2.66. The topological polar surface area (TPSA) is 107 Å². The first-order chi connectivity index (χ1) is 11.0. The van der Waals surface area contributed by atoms with Crippen LogP contribution in [0.25, 0.3) is 0 Å². The highest BCUT2D eigenvalue weighted by atomic mass is 32.2. The number of nitro benzene ring substituents is 1. The van der Waals surface area contributed by atoms with Crippen LogP contribution in [0.5, 0.6) is 0 Å². The molecule has 8 heteroatoms. The molecule has 3 rings (SSSR count).